The van der Waals surface area contributed by atoms with Gasteiger partial charge in [-0.2, -0.15) is 0 Å². The minimum atomic E-state index is -0.674. The van der Waals surface area contributed by atoms with Crippen molar-refractivity contribution >= 4 is 17.8 Å². The van der Waals surface area contributed by atoms with Gasteiger partial charge in [-0.05, 0) is 43.9 Å². The molecule has 1 aliphatic rings. The number of benzene rings is 1. The molecule has 1 aromatic rings. The molecule has 0 radical (unpaired) electrons. The first-order valence-corrected chi connectivity index (χ1v) is 8.54. The van der Waals surface area contributed by atoms with Gasteiger partial charge >= 0.3 is 5.97 Å². The maximum absolute atomic E-state index is 12.4. The van der Waals surface area contributed by atoms with E-state index in [1.165, 1.54) is 24.0 Å². The monoisotopic (exact) mass is 361 g/mol. The van der Waals surface area contributed by atoms with Crippen molar-refractivity contribution < 1.29 is 29.3 Å². The molecule has 1 aliphatic heterocycles. The highest BCUT2D eigenvalue weighted by Gasteiger charge is 2.22. The first-order valence-electron chi connectivity index (χ1n) is 8.54. The van der Waals surface area contributed by atoms with Crippen LogP contribution in [-0.2, 0) is 20.7 Å². The lowest BCUT2D eigenvalue weighted by Crippen LogP contribution is -2.34. The molecule has 1 heterocycles. The Hall–Kier alpha value is -2.83. The Kier molecular flexibility index (Phi) is 6.38. The number of nitrogens with zero attached hydrogens (tertiary/aromatic N) is 1. The molecular weight excluding hydrogens is 338 g/mol. The lowest BCUT2D eigenvalue weighted by atomic mass is 10.00. The van der Waals surface area contributed by atoms with Gasteiger partial charge in [0, 0.05) is 26.0 Å². The number of phenolic OH excluding ortho intramolecular Hbond substituents is 2. The average Bonchev–Trinajstić information content (AvgIpc) is 2.52. The molecule has 0 unspecified atom stereocenters. The number of carbonyl (C=O) groups excluding carboxylic acids is 3. The van der Waals surface area contributed by atoms with Gasteiger partial charge in [0.2, 0.25) is 5.91 Å². The predicted molar refractivity (Wildman–Crippen MR) is 93.7 cm³/mol. The fraction of sp³-hybridized carbons (Fsp3) is 0.421. The molecule has 2 amide bonds. The van der Waals surface area contributed by atoms with Gasteiger partial charge in [0.25, 0.3) is 5.91 Å². The SMILES string of the molecule is CC(=O)N1CCCCc2cc(O)cc(O)c2C(=O)O[C@@H](C)C/C=C\C1=O. The van der Waals surface area contributed by atoms with Crippen molar-refractivity contribution in [3.63, 3.8) is 0 Å². The van der Waals surface area contributed by atoms with Crippen LogP contribution in [0.1, 0.15) is 49.0 Å². The Morgan fingerprint density at radius 2 is 1.96 bits per heavy atom. The topological polar surface area (TPSA) is 104 Å². The minimum absolute atomic E-state index is 0.0372. The fourth-order valence-electron chi connectivity index (χ4n) is 2.85. The molecular formula is C19H23NO6. The molecule has 7 heteroatoms. The third-order valence-corrected chi connectivity index (χ3v) is 4.15. The zero-order valence-electron chi connectivity index (χ0n) is 14.9. The third kappa shape index (κ3) is 4.84. The standard InChI is InChI=1S/C19H23NO6/c1-12-6-5-8-17(24)20(13(2)21)9-4-3-7-14-10-15(22)11-16(23)18(14)19(25)26-12/h5,8,10-12,22-23H,3-4,6-7,9H2,1-2H3/b8-5-/t12-/m0/s1. The summed E-state index contributed by atoms with van der Waals surface area (Å²) in [6.45, 7) is 3.27. The predicted octanol–water partition coefficient (Wildman–Crippen LogP) is 2.30. The number of aromatic hydroxyl groups is 2. The third-order valence-electron chi connectivity index (χ3n) is 4.15. The van der Waals surface area contributed by atoms with E-state index in [0.29, 0.717) is 24.8 Å². The molecule has 0 bridgehead atoms. The van der Waals surface area contributed by atoms with Crippen LogP contribution in [0.5, 0.6) is 11.5 Å². The molecule has 140 valence electrons. The lowest BCUT2D eigenvalue weighted by molar-refractivity contribution is -0.140. The normalized spacial score (nSPS) is 20.7. The van der Waals surface area contributed by atoms with E-state index < -0.39 is 18.0 Å². The van der Waals surface area contributed by atoms with Crippen LogP contribution in [0, 0.1) is 0 Å². The van der Waals surface area contributed by atoms with Gasteiger partial charge in [0.05, 0.1) is 0 Å². The zero-order valence-corrected chi connectivity index (χ0v) is 14.9. The molecule has 0 fully saturated rings. The van der Waals surface area contributed by atoms with E-state index in [2.05, 4.69) is 0 Å². The Morgan fingerprint density at radius 1 is 1.23 bits per heavy atom. The summed E-state index contributed by atoms with van der Waals surface area (Å²) in [6, 6.07) is 2.52. The Balaban J connectivity index is 2.32. The fourth-order valence-corrected chi connectivity index (χ4v) is 2.85. The number of aryl methyl sites for hydroxylation is 1. The first kappa shape index (κ1) is 19.5. The molecule has 0 saturated carbocycles. The number of ether oxygens (including phenoxy) is 1. The molecule has 26 heavy (non-hydrogen) atoms. The molecule has 2 N–H and O–H groups in total. The summed E-state index contributed by atoms with van der Waals surface area (Å²) in [5, 5.41) is 19.8. The van der Waals surface area contributed by atoms with E-state index in [0.717, 1.165) is 6.07 Å². The highest BCUT2D eigenvalue weighted by atomic mass is 16.5. The van der Waals surface area contributed by atoms with Crippen LogP contribution in [0.4, 0.5) is 0 Å². The van der Waals surface area contributed by atoms with E-state index in [9.17, 15) is 24.6 Å². The maximum Gasteiger partial charge on any atom is 0.342 e. The quantitative estimate of drug-likeness (QED) is 0.687. The number of hydrogen-bond acceptors (Lipinski definition) is 6. The molecule has 0 aromatic heterocycles. The van der Waals surface area contributed by atoms with E-state index in [-0.39, 0.29) is 35.9 Å². The van der Waals surface area contributed by atoms with E-state index in [4.69, 9.17) is 4.74 Å². The van der Waals surface area contributed by atoms with E-state index >= 15 is 0 Å². The molecule has 1 aromatic carbocycles. The highest BCUT2D eigenvalue weighted by molar-refractivity contribution is 6.00. The summed E-state index contributed by atoms with van der Waals surface area (Å²) >= 11 is 0. The first-order chi connectivity index (χ1) is 12.3. The van der Waals surface area contributed by atoms with Crippen molar-refractivity contribution in [2.75, 3.05) is 6.54 Å². The van der Waals surface area contributed by atoms with Gasteiger partial charge in [-0.3, -0.25) is 14.5 Å². The summed E-state index contributed by atoms with van der Waals surface area (Å²) in [4.78, 5) is 37.4. The Bertz CT molecular complexity index is 740. The van der Waals surface area contributed by atoms with Gasteiger partial charge in [0.15, 0.2) is 0 Å². The second-order valence-electron chi connectivity index (χ2n) is 6.32. The average molecular weight is 361 g/mol. The van der Waals surface area contributed by atoms with Gasteiger partial charge in [-0.25, -0.2) is 4.79 Å². The molecule has 0 spiro atoms. The summed E-state index contributed by atoms with van der Waals surface area (Å²) in [6.07, 6.45) is 4.09. The maximum atomic E-state index is 12.4. The second kappa shape index (κ2) is 8.51. The molecule has 1 atom stereocenters. The summed E-state index contributed by atoms with van der Waals surface area (Å²) < 4.78 is 5.33. The van der Waals surface area contributed by atoms with Crippen LogP contribution in [0.25, 0.3) is 0 Å². The minimum Gasteiger partial charge on any atom is -0.508 e. The van der Waals surface area contributed by atoms with Crippen LogP contribution in [0.2, 0.25) is 0 Å². The van der Waals surface area contributed by atoms with Gasteiger partial charge in [0.1, 0.15) is 23.2 Å². The number of hydrogen-bond donors (Lipinski definition) is 2. The van der Waals surface area contributed by atoms with Crippen molar-refractivity contribution in [3.05, 3.63) is 35.4 Å². The van der Waals surface area contributed by atoms with Crippen molar-refractivity contribution in [3.8, 4) is 11.5 Å². The van der Waals surface area contributed by atoms with Crippen molar-refractivity contribution in [2.24, 2.45) is 0 Å². The Labute approximate surface area is 151 Å². The smallest absolute Gasteiger partial charge is 0.342 e. The molecule has 7 nitrogen and oxygen atoms in total. The van der Waals surface area contributed by atoms with Crippen molar-refractivity contribution in [1.82, 2.24) is 4.90 Å². The molecule has 2 rings (SSSR count). The van der Waals surface area contributed by atoms with Crippen LogP contribution in [-0.4, -0.2) is 45.5 Å². The van der Waals surface area contributed by atoms with Crippen LogP contribution in [0.15, 0.2) is 24.3 Å². The Morgan fingerprint density at radius 3 is 2.65 bits per heavy atom. The van der Waals surface area contributed by atoms with Crippen LogP contribution < -0.4 is 0 Å². The van der Waals surface area contributed by atoms with Crippen LogP contribution in [0.3, 0.4) is 0 Å². The number of amides is 2. The van der Waals surface area contributed by atoms with Crippen molar-refractivity contribution in [1.29, 1.82) is 0 Å². The summed E-state index contributed by atoms with van der Waals surface area (Å²) in [5.74, 6) is -1.88. The largest absolute Gasteiger partial charge is 0.508 e. The second-order valence-corrected chi connectivity index (χ2v) is 6.32. The molecule has 0 aliphatic carbocycles. The zero-order chi connectivity index (χ0) is 19.3. The summed E-state index contributed by atoms with van der Waals surface area (Å²) in [5.41, 5.74) is 0.503. The highest BCUT2D eigenvalue weighted by Crippen LogP contribution is 2.29. The number of cyclic esters (lactones) is 1. The van der Waals surface area contributed by atoms with Gasteiger partial charge < -0.3 is 14.9 Å². The number of carbonyl (C=O) groups is 3. The lowest BCUT2D eigenvalue weighted by Gasteiger charge is -2.19. The van der Waals surface area contributed by atoms with Crippen molar-refractivity contribution in [2.45, 2.75) is 45.6 Å². The number of fused-ring (bicyclic) bond motifs is 1. The van der Waals surface area contributed by atoms with Gasteiger partial charge in [-0.1, -0.05) is 6.08 Å². The number of imide groups is 1. The molecule has 0 saturated heterocycles. The van der Waals surface area contributed by atoms with Crippen LogP contribution >= 0.6 is 0 Å². The van der Waals surface area contributed by atoms with E-state index in [1.54, 1.807) is 13.0 Å². The number of rotatable bonds is 0. The summed E-state index contributed by atoms with van der Waals surface area (Å²) in [7, 11) is 0. The van der Waals surface area contributed by atoms with Gasteiger partial charge in [-0.15, -0.1) is 0 Å². The number of esters is 1. The number of phenols is 2. The van der Waals surface area contributed by atoms with E-state index in [1.807, 2.05) is 0 Å².